The van der Waals surface area contributed by atoms with Gasteiger partial charge in [-0.15, -0.1) is 0 Å². The number of hydrogen-bond donors (Lipinski definition) is 0. The fourth-order valence-corrected chi connectivity index (χ4v) is 18.5. The van der Waals surface area contributed by atoms with Gasteiger partial charge in [0.1, 0.15) is 0 Å². The minimum atomic E-state index is 0.503. The zero-order valence-electron chi connectivity index (χ0n) is 68.6. The van der Waals surface area contributed by atoms with Crippen molar-refractivity contribution in [3.63, 3.8) is 0 Å². The number of benzene rings is 18. The Labute approximate surface area is 727 Å². The fourth-order valence-electron chi connectivity index (χ4n) is 18.5. The van der Waals surface area contributed by atoms with E-state index in [1.165, 1.54) is 114 Å². The first-order valence-electron chi connectivity index (χ1n) is 42.5. The van der Waals surface area contributed by atoms with Gasteiger partial charge in [-0.1, -0.05) is 270 Å². The molecule has 26 aromatic rings. The molecule has 0 N–H and O–H groups in total. The molecule has 0 aliphatic heterocycles. The first-order valence-corrected chi connectivity index (χ1v) is 42.5. The van der Waals surface area contributed by atoms with Crippen LogP contribution in [0, 0.1) is 6.92 Å². The second-order valence-electron chi connectivity index (χ2n) is 32.0. The quantitative estimate of drug-likeness (QED) is 0.117. The van der Waals surface area contributed by atoms with Crippen molar-refractivity contribution in [3.8, 4) is 108 Å². The molecule has 0 unspecified atom stereocenters. The Morgan fingerprint density at radius 1 is 0.173 bits per heavy atom. The molecule has 0 amide bonds. The Morgan fingerprint density at radius 3 is 0.795 bits per heavy atom. The fraction of sp³-hybridized carbons (Fsp3) is 0.00885. The lowest BCUT2D eigenvalue weighted by molar-refractivity contribution is 0.432. The van der Waals surface area contributed by atoms with E-state index in [2.05, 4.69) is 357 Å². The molecule has 127 heavy (non-hydrogen) atoms. The molecule has 0 saturated heterocycles. The van der Waals surface area contributed by atoms with Crippen molar-refractivity contribution in [2.75, 3.05) is 0 Å². The smallest absolute Gasteiger partial charge is 0.258 e. The van der Waals surface area contributed by atoms with Crippen molar-refractivity contribution in [1.82, 2.24) is 53.3 Å². The van der Waals surface area contributed by atoms with Crippen LogP contribution in [0.25, 0.3) is 228 Å². The minimum Gasteiger partial charge on any atom is -0.334 e. The van der Waals surface area contributed by atoms with Crippen molar-refractivity contribution < 1.29 is 13.6 Å². The maximum Gasteiger partial charge on any atom is 0.258 e. The van der Waals surface area contributed by atoms with Gasteiger partial charge in [0.25, 0.3) is 17.7 Å². The number of hydrogen-bond acceptors (Lipinski definition) is 9. The number of para-hydroxylation sites is 6. The van der Waals surface area contributed by atoms with Crippen LogP contribution in [0.4, 0.5) is 0 Å². The van der Waals surface area contributed by atoms with Crippen LogP contribution in [0.15, 0.2) is 438 Å². The molecule has 14 nitrogen and oxygen atoms in total. The minimum absolute atomic E-state index is 0.503. The highest BCUT2D eigenvalue weighted by molar-refractivity contribution is 6.15. The van der Waals surface area contributed by atoms with Gasteiger partial charge in [-0.25, -0.2) is 0 Å². The number of aryl methyl sites for hydroxylation is 1. The lowest BCUT2D eigenvalue weighted by Crippen LogP contribution is -1.96. The van der Waals surface area contributed by atoms with Crippen LogP contribution >= 0.6 is 0 Å². The topological polar surface area (TPSA) is 141 Å². The van der Waals surface area contributed by atoms with Crippen LogP contribution in [0.3, 0.4) is 0 Å². The summed E-state index contributed by atoms with van der Waals surface area (Å²) in [7, 11) is 0. The van der Waals surface area contributed by atoms with Gasteiger partial charge in [0.2, 0.25) is 17.5 Å². The normalized spacial score (nSPS) is 11.7. The van der Waals surface area contributed by atoms with Crippen molar-refractivity contribution in [2.24, 2.45) is 0 Å². The molecule has 0 saturated carbocycles. The molecule has 0 aliphatic rings. The summed E-state index contributed by atoms with van der Waals surface area (Å²) in [5.41, 5.74) is 26.5. The van der Waals surface area contributed by atoms with Crippen LogP contribution in [-0.2, 0) is 0 Å². The lowest BCUT2D eigenvalue weighted by atomic mass is 9.99. The van der Waals surface area contributed by atoms with Crippen LogP contribution in [0.1, 0.15) is 5.56 Å². The third kappa shape index (κ3) is 12.9. The van der Waals surface area contributed by atoms with Gasteiger partial charge in [0.15, 0.2) is 0 Å². The van der Waals surface area contributed by atoms with Gasteiger partial charge in [0.05, 0.1) is 55.2 Å². The van der Waals surface area contributed by atoms with Gasteiger partial charge in [-0.05, 0) is 205 Å². The molecule has 0 atom stereocenters. The van der Waals surface area contributed by atoms with Crippen LogP contribution in [0.2, 0.25) is 0 Å². The molecule has 0 fully saturated rings. The predicted molar refractivity (Wildman–Crippen MR) is 515 cm³/mol. The molecule has 598 valence electrons. The first kappa shape index (κ1) is 73.6. The molecule has 8 heterocycles. The van der Waals surface area contributed by atoms with E-state index >= 15 is 0 Å². The summed E-state index contributed by atoms with van der Waals surface area (Å²) in [4.78, 5) is 13.9. The van der Waals surface area contributed by atoms with Gasteiger partial charge in [-0.3, -0.25) is 0 Å². The Morgan fingerprint density at radius 2 is 0.425 bits per heavy atom. The van der Waals surface area contributed by atoms with Crippen molar-refractivity contribution >= 4 is 120 Å². The SMILES string of the molecule is Cc1ccc2c(c1)c1ccccc1n2-c1ccc2c(c1)c1ccccc1n2-c1ccc(-c2nc(-c3ccccc3)no2)cc1.c1ccc(-c2noc(-c3ccc(-n4c5ccccc5c5cc(-c6ccc7ccccc7c6)ccc54)cc3)n2)cc1.c1ccc(-c2noc(-c3ccc(-n4c5ccccc5c5cc(-n6c7ccccc7c7ccccc76)ccc54)cc3)n2)cc1. The largest absolute Gasteiger partial charge is 0.334 e. The van der Waals surface area contributed by atoms with E-state index in [1.807, 2.05) is 127 Å². The molecular weight excluding hydrogens is 1560 g/mol. The lowest BCUT2D eigenvalue weighted by Gasteiger charge is -2.10. The van der Waals surface area contributed by atoms with Crippen molar-refractivity contribution in [1.29, 1.82) is 0 Å². The van der Waals surface area contributed by atoms with Gasteiger partial charge in [-0.2, -0.15) is 15.0 Å². The summed E-state index contributed by atoms with van der Waals surface area (Å²) in [6.45, 7) is 2.16. The average Bonchev–Trinajstić information content (AvgIpc) is 1.59. The van der Waals surface area contributed by atoms with Crippen LogP contribution < -0.4 is 0 Å². The summed E-state index contributed by atoms with van der Waals surface area (Å²) in [6, 6.07) is 149. The number of rotatable bonds is 12. The van der Waals surface area contributed by atoms with E-state index in [9.17, 15) is 0 Å². The third-order valence-corrected chi connectivity index (χ3v) is 24.5. The van der Waals surface area contributed by atoms with Crippen molar-refractivity contribution in [2.45, 2.75) is 6.92 Å². The van der Waals surface area contributed by atoms with Crippen LogP contribution in [-0.4, -0.2) is 53.3 Å². The molecule has 0 aliphatic carbocycles. The maximum atomic E-state index is 5.62. The molecule has 26 rings (SSSR count). The average molecular weight is 1630 g/mol. The second kappa shape index (κ2) is 30.7. The molecule has 0 bridgehead atoms. The molecule has 8 aromatic heterocycles. The van der Waals surface area contributed by atoms with Crippen molar-refractivity contribution in [3.05, 3.63) is 430 Å². The Kier molecular flexibility index (Phi) is 17.8. The van der Waals surface area contributed by atoms with Gasteiger partial charge < -0.3 is 36.4 Å². The Bertz CT molecular complexity index is 8660. The summed E-state index contributed by atoms with van der Waals surface area (Å²) in [5, 5.41) is 27.5. The van der Waals surface area contributed by atoms with E-state index < -0.39 is 0 Å². The number of nitrogens with zero attached hydrogens (tertiary/aromatic N) is 11. The van der Waals surface area contributed by atoms with E-state index in [1.54, 1.807) is 0 Å². The summed E-state index contributed by atoms with van der Waals surface area (Å²) >= 11 is 0. The number of aromatic nitrogens is 11. The standard InChI is InChI=1S/C39H26N4O.C38H24N4O.C36H23N3O/c1-25-15-21-36-32(23-25)30-11-5-8-14-35(30)43(36)29-20-22-37-33(24-29)31-12-6-7-13-34(31)42(37)28-18-16-27(17-19-28)39-40-38(41-44-39)26-9-3-2-4-10-26;1-2-10-25(11-3-1)37-39-38(43-40-37)26-18-20-27(21-19-26)41-35-17-9-6-14-31(35)32-24-28(22-23-36(32)41)42-33-15-7-4-12-29(33)30-13-5-8-16-34(30)42;1-2-9-25(10-3-1)35-37-36(40-38-35)26-16-19-30(20-17-26)39-33-13-7-6-12-31(33)32-23-29(18-21-34(32)39)28-15-14-24-8-4-5-11-27(24)22-28/h2-24H,1H3;1-24H;1-23H. The zero-order chi connectivity index (χ0) is 84.0. The van der Waals surface area contributed by atoms with E-state index in [0.717, 1.165) is 83.9 Å². The van der Waals surface area contributed by atoms with E-state index in [-0.39, 0.29) is 0 Å². The first-order chi connectivity index (χ1) is 62.9. The summed E-state index contributed by atoms with van der Waals surface area (Å²) < 4.78 is 28.6. The molecular formula is C113H73N11O3. The Balaban J connectivity index is 0.000000106. The highest BCUT2D eigenvalue weighted by Gasteiger charge is 2.23. The highest BCUT2D eigenvalue weighted by Crippen LogP contribution is 2.43. The molecule has 18 aromatic carbocycles. The number of fused-ring (bicyclic) bond motifs is 16. The maximum absolute atomic E-state index is 5.62. The van der Waals surface area contributed by atoms with Crippen LogP contribution in [0.5, 0.6) is 0 Å². The van der Waals surface area contributed by atoms with Gasteiger partial charge >= 0.3 is 0 Å². The van der Waals surface area contributed by atoms with Gasteiger partial charge in [0, 0.05) is 116 Å². The van der Waals surface area contributed by atoms with E-state index in [4.69, 9.17) is 13.6 Å². The predicted octanol–water partition coefficient (Wildman–Crippen LogP) is 28.8. The molecule has 0 radical (unpaired) electrons. The zero-order valence-corrected chi connectivity index (χ0v) is 68.6. The monoisotopic (exact) mass is 1630 g/mol. The third-order valence-electron chi connectivity index (χ3n) is 24.5. The molecule has 0 spiro atoms. The Hall–Kier alpha value is -17.4. The molecule has 14 heteroatoms. The highest BCUT2D eigenvalue weighted by atomic mass is 16.5. The second-order valence-corrected chi connectivity index (χ2v) is 32.0. The summed E-state index contributed by atoms with van der Waals surface area (Å²) in [6.07, 6.45) is 0. The van der Waals surface area contributed by atoms with E-state index in [0.29, 0.717) is 35.1 Å². The summed E-state index contributed by atoms with van der Waals surface area (Å²) in [5.74, 6) is 3.27.